The molecule has 0 amide bonds. The number of quaternary nitrogens is 1. The fraction of sp³-hybridized carbons (Fsp3) is 1.00. The number of hydrogen-bond acceptors (Lipinski definition) is 5. The minimum atomic E-state index is -1.27. The molecule has 2 fully saturated rings. The van der Waals surface area contributed by atoms with Crippen LogP contribution in [0.4, 0.5) is 0 Å². The number of halogens is 1. The molecular formula is C8H16ClNO5. The highest BCUT2D eigenvalue weighted by Gasteiger charge is 2.68. The first kappa shape index (κ1) is 13.1. The highest BCUT2D eigenvalue weighted by molar-refractivity contribution is 5.16. The topological polar surface area (TPSA) is 118 Å². The van der Waals surface area contributed by atoms with Gasteiger partial charge in [-0.05, 0) is 0 Å². The van der Waals surface area contributed by atoms with Gasteiger partial charge >= 0.3 is 0 Å². The Balaban J connectivity index is 0.00000112. The van der Waals surface area contributed by atoms with Crippen LogP contribution in [0.15, 0.2) is 0 Å². The van der Waals surface area contributed by atoms with Crippen LogP contribution in [0, 0.1) is 0 Å². The molecule has 7 N–H and O–H groups in total. The molecule has 0 bridgehead atoms. The van der Waals surface area contributed by atoms with E-state index in [0.29, 0.717) is 6.42 Å². The third-order valence-electron chi connectivity index (χ3n) is 3.20. The zero-order valence-electron chi connectivity index (χ0n) is 8.08. The van der Waals surface area contributed by atoms with Crippen molar-refractivity contribution in [1.29, 1.82) is 0 Å². The van der Waals surface area contributed by atoms with Gasteiger partial charge in [0.25, 0.3) is 0 Å². The SMILES string of the molecule is [Cl-].[NH3+][C@@H]1C[C@]12O[C@H](CO)[C@@H](O)[C@H](O)[C@@H]2O. The predicted octanol–water partition coefficient (Wildman–Crippen LogP) is -6.78. The van der Waals surface area contributed by atoms with E-state index in [2.05, 4.69) is 5.73 Å². The third-order valence-corrected chi connectivity index (χ3v) is 3.20. The van der Waals surface area contributed by atoms with E-state index in [9.17, 15) is 15.3 Å². The number of rotatable bonds is 1. The van der Waals surface area contributed by atoms with Gasteiger partial charge in [0.05, 0.1) is 6.61 Å². The van der Waals surface area contributed by atoms with E-state index in [1.807, 2.05) is 0 Å². The summed E-state index contributed by atoms with van der Waals surface area (Å²) in [5, 5.41) is 37.5. The lowest BCUT2D eigenvalue weighted by molar-refractivity contribution is -0.411. The maximum atomic E-state index is 9.67. The molecule has 1 saturated heterocycles. The van der Waals surface area contributed by atoms with Crippen LogP contribution in [0.25, 0.3) is 0 Å². The maximum absolute atomic E-state index is 9.67. The summed E-state index contributed by atoms with van der Waals surface area (Å²) in [7, 11) is 0. The van der Waals surface area contributed by atoms with Crippen molar-refractivity contribution < 1.29 is 43.3 Å². The summed E-state index contributed by atoms with van der Waals surface area (Å²) in [4.78, 5) is 0. The molecule has 0 aromatic carbocycles. The summed E-state index contributed by atoms with van der Waals surface area (Å²) < 4.78 is 5.37. The summed E-state index contributed by atoms with van der Waals surface area (Å²) in [5.74, 6) is 0. The summed E-state index contributed by atoms with van der Waals surface area (Å²) >= 11 is 0. The van der Waals surface area contributed by atoms with Crippen LogP contribution in [0.5, 0.6) is 0 Å². The Kier molecular flexibility index (Phi) is 3.62. The molecule has 7 heteroatoms. The molecule has 90 valence electrons. The van der Waals surface area contributed by atoms with Crippen LogP contribution in [0.1, 0.15) is 6.42 Å². The Morgan fingerprint density at radius 2 is 1.80 bits per heavy atom. The fourth-order valence-corrected chi connectivity index (χ4v) is 2.10. The first-order valence-electron chi connectivity index (χ1n) is 4.69. The van der Waals surface area contributed by atoms with Crippen LogP contribution in [0.2, 0.25) is 0 Å². The van der Waals surface area contributed by atoms with Gasteiger partial charge in [-0.2, -0.15) is 0 Å². The highest BCUT2D eigenvalue weighted by atomic mass is 35.5. The van der Waals surface area contributed by atoms with Crippen molar-refractivity contribution >= 4 is 0 Å². The molecular weight excluding hydrogens is 226 g/mol. The van der Waals surface area contributed by atoms with E-state index in [0.717, 1.165) is 0 Å². The van der Waals surface area contributed by atoms with Crippen molar-refractivity contribution in [3.05, 3.63) is 0 Å². The second-order valence-corrected chi connectivity index (χ2v) is 4.12. The Morgan fingerprint density at radius 1 is 1.27 bits per heavy atom. The van der Waals surface area contributed by atoms with E-state index >= 15 is 0 Å². The average molecular weight is 242 g/mol. The molecule has 0 aromatic heterocycles. The van der Waals surface area contributed by atoms with E-state index in [1.54, 1.807) is 0 Å². The van der Waals surface area contributed by atoms with Gasteiger partial charge in [-0.15, -0.1) is 0 Å². The lowest BCUT2D eigenvalue weighted by atomic mass is 9.93. The van der Waals surface area contributed by atoms with Gasteiger partial charge < -0.3 is 43.3 Å². The molecule has 15 heavy (non-hydrogen) atoms. The molecule has 0 aromatic rings. The standard InChI is InChI=1S/C8H15NO5.ClH/c9-4-1-8(4)7(13)6(12)5(11)3(2-10)14-8;/h3-7,10-13H,1-2,9H2;1H/t3-,4-,5-,6+,7+,8+;/m1./s1. The molecule has 2 aliphatic rings. The zero-order chi connectivity index (χ0) is 10.5. The first-order chi connectivity index (χ1) is 6.53. The zero-order valence-corrected chi connectivity index (χ0v) is 8.84. The molecule has 1 heterocycles. The Labute approximate surface area is 93.1 Å². The average Bonchev–Trinajstić information content (AvgIpc) is 2.81. The lowest BCUT2D eigenvalue weighted by Gasteiger charge is -2.40. The number of aliphatic hydroxyl groups excluding tert-OH is 4. The van der Waals surface area contributed by atoms with Crippen molar-refractivity contribution in [1.82, 2.24) is 0 Å². The van der Waals surface area contributed by atoms with Crippen LogP contribution < -0.4 is 18.1 Å². The van der Waals surface area contributed by atoms with E-state index < -0.39 is 30.0 Å². The summed E-state index contributed by atoms with van der Waals surface area (Å²) in [6.45, 7) is -0.376. The highest BCUT2D eigenvalue weighted by Crippen LogP contribution is 2.46. The van der Waals surface area contributed by atoms with Crippen LogP contribution in [0.3, 0.4) is 0 Å². The quantitative estimate of drug-likeness (QED) is 0.313. The molecule has 1 aliphatic heterocycles. The normalized spacial score (nSPS) is 53.8. The molecule has 6 nitrogen and oxygen atoms in total. The number of aliphatic hydroxyl groups is 4. The Bertz CT molecular complexity index is 241. The lowest BCUT2D eigenvalue weighted by Crippen LogP contribution is -3.00. The Morgan fingerprint density at radius 3 is 2.20 bits per heavy atom. The molecule has 0 radical (unpaired) electrons. The van der Waals surface area contributed by atoms with Crippen molar-refractivity contribution in [2.24, 2.45) is 0 Å². The van der Waals surface area contributed by atoms with E-state index in [-0.39, 0.29) is 25.1 Å². The number of ether oxygens (including phenoxy) is 1. The van der Waals surface area contributed by atoms with Gasteiger partial charge in [0.15, 0.2) is 5.60 Å². The minimum Gasteiger partial charge on any atom is -1.00 e. The van der Waals surface area contributed by atoms with Gasteiger partial charge in [-0.3, -0.25) is 0 Å². The molecule has 0 unspecified atom stereocenters. The van der Waals surface area contributed by atoms with Crippen molar-refractivity contribution in [3.63, 3.8) is 0 Å². The second kappa shape index (κ2) is 4.14. The third kappa shape index (κ3) is 1.76. The van der Waals surface area contributed by atoms with Gasteiger partial charge in [0, 0.05) is 6.42 Å². The molecule has 1 spiro atoms. The van der Waals surface area contributed by atoms with Gasteiger partial charge in [-0.25, -0.2) is 0 Å². The molecule has 1 aliphatic carbocycles. The first-order valence-corrected chi connectivity index (χ1v) is 4.69. The van der Waals surface area contributed by atoms with Crippen LogP contribution in [-0.4, -0.2) is 63.1 Å². The second-order valence-electron chi connectivity index (χ2n) is 4.12. The van der Waals surface area contributed by atoms with Crippen LogP contribution in [-0.2, 0) is 4.74 Å². The fourth-order valence-electron chi connectivity index (χ4n) is 2.10. The summed E-state index contributed by atoms with van der Waals surface area (Å²) in [6, 6.07) is -0.0892. The Hall–Kier alpha value is 0.0500. The predicted molar refractivity (Wildman–Crippen MR) is 44.0 cm³/mol. The molecule has 1 saturated carbocycles. The molecule has 2 rings (SSSR count). The van der Waals surface area contributed by atoms with E-state index in [4.69, 9.17) is 9.84 Å². The van der Waals surface area contributed by atoms with Gasteiger partial charge in [0.1, 0.15) is 30.5 Å². The summed E-state index contributed by atoms with van der Waals surface area (Å²) in [6.07, 6.45) is -3.92. The minimum absolute atomic E-state index is 0. The van der Waals surface area contributed by atoms with Crippen molar-refractivity contribution in [2.75, 3.05) is 6.61 Å². The summed E-state index contributed by atoms with van der Waals surface area (Å²) in [5.41, 5.74) is 2.89. The van der Waals surface area contributed by atoms with Crippen LogP contribution >= 0.6 is 0 Å². The van der Waals surface area contributed by atoms with Crippen molar-refractivity contribution in [2.45, 2.75) is 42.5 Å². The van der Waals surface area contributed by atoms with Gasteiger partial charge in [0.2, 0.25) is 0 Å². The number of hydrogen-bond donors (Lipinski definition) is 5. The molecule has 6 atom stereocenters. The van der Waals surface area contributed by atoms with Gasteiger partial charge in [-0.1, -0.05) is 0 Å². The maximum Gasteiger partial charge on any atom is 0.154 e. The van der Waals surface area contributed by atoms with Crippen molar-refractivity contribution in [3.8, 4) is 0 Å². The smallest absolute Gasteiger partial charge is 0.154 e. The largest absolute Gasteiger partial charge is 1.00 e. The monoisotopic (exact) mass is 241 g/mol. The van der Waals surface area contributed by atoms with E-state index in [1.165, 1.54) is 0 Å².